The summed E-state index contributed by atoms with van der Waals surface area (Å²) in [6, 6.07) is 0. The second-order valence-corrected chi connectivity index (χ2v) is 25.9. The second-order valence-electron chi connectivity index (χ2n) is 24.4. The molecule has 0 heterocycles. The fourth-order valence-electron chi connectivity index (χ4n) is 10.4. The highest BCUT2D eigenvalue weighted by molar-refractivity contribution is 7.47. The molecular formula is C79H138NO8P. The number of carbonyl (C=O) groups is 2. The molecule has 0 fully saturated rings. The fraction of sp³-hybridized carbons (Fsp3) is 0.722. The van der Waals surface area contributed by atoms with Crippen LogP contribution in [-0.4, -0.2) is 49.3 Å². The van der Waals surface area contributed by atoms with Gasteiger partial charge in [-0.25, -0.2) is 4.57 Å². The third-order valence-electron chi connectivity index (χ3n) is 15.8. The Hall–Kier alpha value is -3.59. The SMILES string of the molecule is CC/C=C\C/C=C\C/C=C\C/C=C\C/C=C\C/C=C\C/C=C\C/C=C\CCCCCCCCCCCCCCC(=O)OC(COC(=O)CCCCCCCCCCCCCCCCCCCCC/C=C\C/C=C\CCCCCCC)COP(=O)(O)OCCN. The molecule has 0 amide bonds. The van der Waals surface area contributed by atoms with Crippen molar-refractivity contribution in [2.75, 3.05) is 26.4 Å². The number of carbonyl (C=O) groups excluding carboxylic acids is 2. The Balaban J connectivity index is 3.88. The van der Waals surface area contributed by atoms with E-state index >= 15 is 0 Å². The molecule has 0 aromatic heterocycles. The summed E-state index contributed by atoms with van der Waals surface area (Å²) < 4.78 is 33.2. The second kappa shape index (κ2) is 73.5. The number of phosphoric ester groups is 1. The normalized spacial score (nSPS) is 13.6. The molecule has 0 aliphatic carbocycles. The number of hydrogen-bond donors (Lipinski definition) is 2. The third-order valence-corrected chi connectivity index (χ3v) is 16.8. The molecule has 0 rings (SSSR count). The molecule has 0 saturated heterocycles. The van der Waals surface area contributed by atoms with E-state index in [0.29, 0.717) is 6.42 Å². The highest BCUT2D eigenvalue weighted by Gasteiger charge is 2.26. The van der Waals surface area contributed by atoms with Crippen LogP contribution >= 0.6 is 7.82 Å². The van der Waals surface area contributed by atoms with Crippen LogP contribution in [0.3, 0.4) is 0 Å². The summed E-state index contributed by atoms with van der Waals surface area (Å²) >= 11 is 0. The molecule has 2 unspecified atom stereocenters. The predicted octanol–water partition coefficient (Wildman–Crippen LogP) is 24.6. The highest BCUT2D eigenvalue weighted by Crippen LogP contribution is 2.43. The molecule has 0 aliphatic heterocycles. The van der Waals surface area contributed by atoms with Gasteiger partial charge in [-0.2, -0.15) is 0 Å². The predicted molar refractivity (Wildman–Crippen MR) is 385 cm³/mol. The first-order chi connectivity index (χ1) is 43.8. The summed E-state index contributed by atoms with van der Waals surface area (Å²) in [6.07, 6.45) is 103. The van der Waals surface area contributed by atoms with Gasteiger partial charge in [0.15, 0.2) is 6.10 Å². The summed E-state index contributed by atoms with van der Waals surface area (Å²) in [6.45, 7) is 3.65. The van der Waals surface area contributed by atoms with E-state index < -0.39 is 26.5 Å². The number of hydrogen-bond acceptors (Lipinski definition) is 8. The van der Waals surface area contributed by atoms with E-state index in [0.717, 1.165) is 96.3 Å². The zero-order chi connectivity index (χ0) is 64.4. The molecular weight excluding hydrogens is 1120 g/mol. The van der Waals surface area contributed by atoms with Crippen molar-refractivity contribution in [1.29, 1.82) is 0 Å². The van der Waals surface area contributed by atoms with Gasteiger partial charge in [0.1, 0.15) is 6.61 Å². The van der Waals surface area contributed by atoms with Crippen LogP contribution in [0.5, 0.6) is 0 Å². The van der Waals surface area contributed by atoms with Gasteiger partial charge in [-0.15, -0.1) is 0 Å². The molecule has 0 spiro atoms. The van der Waals surface area contributed by atoms with Crippen LogP contribution in [-0.2, 0) is 32.7 Å². The smallest absolute Gasteiger partial charge is 0.462 e. The number of phosphoric acid groups is 1. The van der Waals surface area contributed by atoms with E-state index in [9.17, 15) is 19.0 Å². The van der Waals surface area contributed by atoms with Gasteiger partial charge < -0.3 is 20.1 Å². The largest absolute Gasteiger partial charge is 0.472 e. The number of esters is 2. The van der Waals surface area contributed by atoms with Gasteiger partial charge in [-0.1, -0.05) is 334 Å². The molecule has 0 aromatic rings. The molecule has 0 aromatic carbocycles. The van der Waals surface area contributed by atoms with Crippen LogP contribution in [0.15, 0.2) is 122 Å². The zero-order valence-electron chi connectivity index (χ0n) is 57.6. The Morgan fingerprint density at radius 2 is 0.618 bits per heavy atom. The minimum Gasteiger partial charge on any atom is -0.462 e. The summed E-state index contributed by atoms with van der Waals surface area (Å²) in [5, 5.41) is 0. The van der Waals surface area contributed by atoms with E-state index in [1.807, 2.05) is 0 Å². The quantitative estimate of drug-likeness (QED) is 0.0264. The number of unbranched alkanes of at least 4 members (excludes halogenated alkanes) is 36. The first-order valence-corrected chi connectivity index (χ1v) is 38.5. The lowest BCUT2D eigenvalue weighted by Gasteiger charge is -2.19. The van der Waals surface area contributed by atoms with E-state index in [1.54, 1.807) is 0 Å². The zero-order valence-corrected chi connectivity index (χ0v) is 58.5. The third kappa shape index (κ3) is 73.3. The first kappa shape index (κ1) is 85.4. The lowest BCUT2D eigenvalue weighted by atomic mass is 10.0. The molecule has 89 heavy (non-hydrogen) atoms. The van der Waals surface area contributed by atoms with Crippen molar-refractivity contribution in [3.8, 4) is 0 Å². The average molecular weight is 1260 g/mol. The Kier molecular flexibility index (Phi) is 70.5. The highest BCUT2D eigenvalue weighted by atomic mass is 31.2. The fourth-order valence-corrected chi connectivity index (χ4v) is 11.2. The topological polar surface area (TPSA) is 134 Å². The van der Waals surface area contributed by atoms with E-state index in [2.05, 4.69) is 135 Å². The molecule has 3 N–H and O–H groups in total. The number of rotatable bonds is 69. The van der Waals surface area contributed by atoms with Crippen LogP contribution < -0.4 is 5.73 Å². The molecule has 0 aliphatic rings. The summed E-state index contributed by atoms with van der Waals surface area (Å²) in [4.78, 5) is 35.4. The van der Waals surface area contributed by atoms with Crippen LogP contribution in [0.1, 0.15) is 335 Å². The van der Waals surface area contributed by atoms with Crippen LogP contribution in [0.25, 0.3) is 0 Å². The van der Waals surface area contributed by atoms with E-state index in [4.69, 9.17) is 24.3 Å². The minimum atomic E-state index is -4.40. The summed E-state index contributed by atoms with van der Waals surface area (Å²) in [7, 11) is -4.40. The number of allylic oxidation sites excluding steroid dienone is 20. The van der Waals surface area contributed by atoms with Crippen LogP contribution in [0.2, 0.25) is 0 Å². The molecule has 0 radical (unpaired) electrons. The van der Waals surface area contributed by atoms with Crippen molar-refractivity contribution < 1.29 is 37.6 Å². The van der Waals surface area contributed by atoms with Gasteiger partial charge in [0, 0.05) is 19.4 Å². The first-order valence-electron chi connectivity index (χ1n) is 37.0. The van der Waals surface area contributed by atoms with Crippen molar-refractivity contribution in [3.63, 3.8) is 0 Å². The monoisotopic (exact) mass is 1260 g/mol. The van der Waals surface area contributed by atoms with Gasteiger partial charge in [-0.05, 0) is 109 Å². The van der Waals surface area contributed by atoms with Crippen molar-refractivity contribution >= 4 is 19.8 Å². The average Bonchev–Trinajstić information content (AvgIpc) is 3.68. The minimum absolute atomic E-state index is 0.0498. The number of ether oxygens (including phenoxy) is 2. The Morgan fingerprint density at radius 1 is 0.348 bits per heavy atom. The van der Waals surface area contributed by atoms with Crippen molar-refractivity contribution in [2.24, 2.45) is 5.73 Å². The lowest BCUT2D eigenvalue weighted by molar-refractivity contribution is -0.161. The van der Waals surface area contributed by atoms with Crippen molar-refractivity contribution in [2.45, 2.75) is 341 Å². The summed E-state index contributed by atoms with van der Waals surface area (Å²) in [5.41, 5.74) is 5.41. The van der Waals surface area contributed by atoms with Crippen LogP contribution in [0, 0.1) is 0 Å². The molecule has 0 bridgehead atoms. The molecule has 0 saturated carbocycles. The Labute approximate surface area is 549 Å². The van der Waals surface area contributed by atoms with E-state index in [-0.39, 0.29) is 38.6 Å². The van der Waals surface area contributed by atoms with Gasteiger partial charge in [0.25, 0.3) is 0 Å². The van der Waals surface area contributed by atoms with E-state index in [1.165, 1.54) is 205 Å². The maximum Gasteiger partial charge on any atom is 0.472 e. The van der Waals surface area contributed by atoms with Gasteiger partial charge in [0.2, 0.25) is 0 Å². The number of nitrogens with two attached hydrogens (primary N) is 1. The molecule has 512 valence electrons. The standard InChI is InChI=1S/C79H138NO8P/c1-3-5-7-9-11-13-15-17-19-21-23-25-27-29-31-33-35-36-37-38-39-40-42-44-46-48-50-52-54-56-58-60-62-64-66-68-70-72-79(82)88-77(76-87-89(83,84)86-74-73-80)75-85-78(81)71-69-67-65-63-61-59-57-55-53-51-49-47-45-43-41-34-32-30-28-26-24-22-20-18-16-14-12-10-8-6-4-2/h5,7,11,13,16-19,22-25,29,31,35-36,38-39,42,44,77H,3-4,6,8-10,12,14-15,20-21,26-28,30,32-34,37,40-41,43,45-76,80H2,1-2H3,(H,83,84)/b7-5-,13-11-,18-16-,19-17-,24-22-,25-23-,31-29-,36-35-,39-38-,44-42-. The lowest BCUT2D eigenvalue weighted by Crippen LogP contribution is -2.29. The van der Waals surface area contributed by atoms with Crippen molar-refractivity contribution in [3.05, 3.63) is 122 Å². The summed E-state index contributed by atoms with van der Waals surface area (Å²) in [5.74, 6) is -0.822. The molecule has 9 nitrogen and oxygen atoms in total. The van der Waals surface area contributed by atoms with Crippen molar-refractivity contribution in [1.82, 2.24) is 0 Å². The molecule has 2 atom stereocenters. The van der Waals surface area contributed by atoms with Gasteiger partial charge in [0.05, 0.1) is 13.2 Å². The maximum atomic E-state index is 12.8. The van der Waals surface area contributed by atoms with Crippen LogP contribution in [0.4, 0.5) is 0 Å². The molecule has 10 heteroatoms. The Bertz CT molecular complexity index is 1880. The van der Waals surface area contributed by atoms with Gasteiger partial charge in [-0.3, -0.25) is 18.6 Å². The Morgan fingerprint density at radius 3 is 0.921 bits per heavy atom. The maximum absolute atomic E-state index is 12.8. The van der Waals surface area contributed by atoms with Gasteiger partial charge >= 0.3 is 19.8 Å².